The van der Waals surface area contributed by atoms with Gasteiger partial charge in [0.1, 0.15) is 14.6 Å². The third kappa shape index (κ3) is 9.63. The third-order valence-corrected chi connectivity index (χ3v) is 2.77. The first-order chi connectivity index (χ1) is 13.7. The van der Waals surface area contributed by atoms with Crippen LogP contribution >= 0.6 is 0 Å². The minimum Gasteiger partial charge on any atom is -0.860 e. The second-order valence-electron chi connectivity index (χ2n) is 4.61. The Kier molecular flexibility index (Phi) is 20.7. The van der Waals surface area contributed by atoms with Gasteiger partial charge in [-0.25, -0.2) is 26.3 Å². The second kappa shape index (κ2) is 17.2. The Morgan fingerprint density at radius 3 is 0.647 bits per heavy atom. The molecular weight excluding hydrogens is 479 g/mol. The molecule has 0 N–H and O–H groups in total. The predicted molar refractivity (Wildman–Crippen MR) is 65.2 cm³/mol. The molecule has 0 aromatic heterocycles. The molecule has 0 spiro atoms. The third-order valence-electron chi connectivity index (χ3n) is 2.77. The molecule has 0 unspecified atom stereocenters. The van der Waals surface area contributed by atoms with E-state index in [2.05, 4.69) is 9.31 Å². The topological polar surface area (TPSA) is 111 Å². The van der Waals surface area contributed by atoms with Crippen molar-refractivity contribution in [2.24, 2.45) is 0 Å². The van der Waals surface area contributed by atoms with Crippen molar-refractivity contribution in [3.8, 4) is 11.5 Å². The molecule has 0 saturated heterocycles. The molecule has 0 aliphatic rings. The summed E-state index contributed by atoms with van der Waals surface area (Å²) < 4.78 is 132. The van der Waals surface area contributed by atoms with Crippen LogP contribution in [0.3, 0.4) is 0 Å². The Morgan fingerprint density at radius 1 is 0.353 bits per heavy atom. The van der Waals surface area contributed by atoms with Crippen LogP contribution in [0.25, 0.3) is 0 Å². The van der Waals surface area contributed by atoms with Gasteiger partial charge in [-0.05, 0) is 0 Å². The van der Waals surface area contributed by atoms with E-state index >= 15 is 0 Å². The number of benzene rings is 2. The summed E-state index contributed by atoms with van der Waals surface area (Å²) in [5, 5.41) is 39.4. The van der Waals surface area contributed by atoms with Gasteiger partial charge in [-0.15, -0.1) is 0 Å². The van der Waals surface area contributed by atoms with Crippen LogP contribution < -0.4 is 105 Å². The van der Waals surface area contributed by atoms with Crippen molar-refractivity contribution in [2.45, 2.75) is 0 Å². The molecule has 0 atom stereocenters. The van der Waals surface area contributed by atoms with Crippen LogP contribution in [0.4, 0.5) is 43.9 Å². The molecule has 22 heteroatoms. The van der Waals surface area contributed by atoms with Crippen molar-refractivity contribution < 1.29 is 149 Å². The zero-order valence-corrected chi connectivity index (χ0v) is 17.4. The summed E-state index contributed by atoms with van der Waals surface area (Å²) in [4.78, 5) is 0. The van der Waals surface area contributed by atoms with Crippen molar-refractivity contribution in [3.63, 3.8) is 0 Å². The molecule has 0 radical (unpaired) electrons. The van der Waals surface area contributed by atoms with Crippen molar-refractivity contribution in [3.05, 3.63) is 58.2 Å². The Bertz CT molecular complexity index is 829. The fourth-order valence-corrected chi connectivity index (χ4v) is 1.57. The van der Waals surface area contributed by atoms with Crippen LogP contribution in [0.15, 0.2) is 0 Å². The van der Waals surface area contributed by atoms with E-state index in [0.717, 1.165) is 0 Å². The van der Waals surface area contributed by atoms with E-state index in [9.17, 15) is 64.0 Å². The minimum atomic E-state index is -3.20. The van der Waals surface area contributed by atoms with Crippen LogP contribution in [-0.2, 0) is 0 Å². The minimum absolute atomic E-state index is 0. The standard InChI is InChI=1S/2C6BF5O3.4Li/c2*8-1-2(9)4(11)6(15-7(13)14)5(12)3(1)10;;;;/q2*-2;4*+1. The van der Waals surface area contributed by atoms with Gasteiger partial charge in [0.05, 0.1) is 0 Å². The van der Waals surface area contributed by atoms with E-state index < -0.39 is 84.3 Å². The van der Waals surface area contributed by atoms with Crippen LogP contribution in [0.5, 0.6) is 11.5 Å². The fourth-order valence-electron chi connectivity index (χ4n) is 1.57. The first-order valence-electron chi connectivity index (χ1n) is 6.71. The van der Waals surface area contributed by atoms with Crippen molar-refractivity contribution in [1.82, 2.24) is 0 Å². The summed E-state index contributed by atoms with van der Waals surface area (Å²) in [6, 6.07) is 0. The van der Waals surface area contributed by atoms with E-state index in [-0.39, 0.29) is 75.4 Å². The summed E-state index contributed by atoms with van der Waals surface area (Å²) in [6.07, 6.45) is 0. The smallest absolute Gasteiger partial charge is 0.860 e. The van der Waals surface area contributed by atoms with E-state index in [0.29, 0.717) is 0 Å². The van der Waals surface area contributed by atoms with Gasteiger partial charge in [0.25, 0.3) is 0 Å². The van der Waals surface area contributed by atoms with E-state index in [1.165, 1.54) is 0 Å². The monoisotopic (exact) mass is 480 g/mol. The molecule has 0 fully saturated rings. The SMILES string of the molecule is [Li+].[Li+].[Li+].[Li+].[O-]B([O-])Oc1c(F)c(F)c(F)c(F)c1F.[O-]B([O-])Oc1c(F)c(F)c(F)c(F)c1F. The van der Waals surface area contributed by atoms with Crippen LogP contribution in [0.2, 0.25) is 0 Å². The summed E-state index contributed by atoms with van der Waals surface area (Å²) in [5.74, 6) is -27.1. The molecule has 0 heterocycles. The molecule has 0 bridgehead atoms. The van der Waals surface area contributed by atoms with Crippen LogP contribution in [0.1, 0.15) is 0 Å². The van der Waals surface area contributed by atoms with E-state index in [1.807, 2.05) is 0 Å². The summed E-state index contributed by atoms with van der Waals surface area (Å²) in [6.45, 7) is 0. The normalized spacial score (nSPS) is 9.12. The quantitative estimate of drug-likeness (QED) is 0.186. The molecule has 34 heavy (non-hydrogen) atoms. The van der Waals surface area contributed by atoms with Gasteiger partial charge in [0.15, 0.2) is 11.5 Å². The maximum atomic E-state index is 12.6. The summed E-state index contributed by atoms with van der Waals surface area (Å²) in [7, 11) is -6.39. The summed E-state index contributed by atoms with van der Waals surface area (Å²) >= 11 is 0. The molecule has 164 valence electrons. The number of rotatable bonds is 4. The van der Waals surface area contributed by atoms with Gasteiger partial charge in [-0.3, -0.25) is 0 Å². The largest absolute Gasteiger partial charge is 1.00 e. The van der Waals surface area contributed by atoms with Gasteiger partial charge in [0.2, 0.25) is 58.2 Å². The molecule has 0 saturated carbocycles. The maximum Gasteiger partial charge on any atom is 1.00 e. The zero-order chi connectivity index (χ0) is 23.5. The fraction of sp³-hybridized carbons (Fsp3) is 0. The average molecular weight is 479 g/mol. The van der Waals surface area contributed by atoms with Gasteiger partial charge >= 0.3 is 75.4 Å². The molecule has 0 aliphatic carbocycles. The molecule has 0 aliphatic heterocycles. The predicted octanol–water partition coefficient (Wildman–Crippen LogP) is -13.1. The van der Waals surface area contributed by atoms with E-state index in [4.69, 9.17) is 0 Å². The first-order valence-corrected chi connectivity index (χ1v) is 6.71. The number of halogens is 10. The summed E-state index contributed by atoms with van der Waals surface area (Å²) in [5.41, 5.74) is 0. The maximum absolute atomic E-state index is 12.6. The second-order valence-corrected chi connectivity index (χ2v) is 4.61. The average Bonchev–Trinajstić information content (AvgIpc) is 2.68. The van der Waals surface area contributed by atoms with Crippen LogP contribution in [-0.4, -0.2) is 14.6 Å². The Hall–Kier alpha value is -0.301. The van der Waals surface area contributed by atoms with E-state index in [1.54, 1.807) is 0 Å². The Labute approximate surface area is 232 Å². The molecule has 6 nitrogen and oxygen atoms in total. The molecular formula is C12B2F10Li4O6. The number of hydrogen-bond acceptors (Lipinski definition) is 6. The molecule has 2 aromatic carbocycles. The van der Waals surface area contributed by atoms with Gasteiger partial charge < -0.3 is 29.4 Å². The van der Waals surface area contributed by atoms with Crippen LogP contribution in [0, 0.1) is 58.2 Å². The number of hydrogen-bond donors (Lipinski definition) is 0. The van der Waals surface area contributed by atoms with Crippen molar-refractivity contribution in [2.75, 3.05) is 0 Å². The molecule has 0 amide bonds. The zero-order valence-electron chi connectivity index (χ0n) is 17.4. The van der Waals surface area contributed by atoms with Gasteiger partial charge in [-0.1, -0.05) is 0 Å². The molecule has 2 rings (SSSR count). The van der Waals surface area contributed by atoms with Crippen molar-refractivity contribution in [1.29, 1.82) is 0 Å². The van der Waals surface area contributed by atoms with Crippen molar-refractivity contribution >= 4 is 14.6 Å². The van der Waals surface area contributed by atoms with Gasteiger partial charge in [-0.2, -0.15) is 17.6 Å². The Balaban J connectivity index is -0.000000237. The first kappa shape index (κ1) is 40.9. The molecule has 2 aromatic rings. The van der Waals surface area contributed by atoms with Gasteiger partial charge in [0, 0.05) is 0 Å². The Morgan fingerprint density at radius 2 is 0.500 bits per heavy atom.